The second-order valence-electron chi connectivity index (χ2n) is 5.63. The third-order valence-corrected chi connectivity index (χ3v) is 4.07. The maximum Gasteiger partial charge on any atom is 0.295 e. The number of rotatable bonds is 3. The summed E-state index contributed by atoms with van der Waals surface area (Å²) in [5.74, 6) is 0.319. The third kappa shape index (κ3) is 2.62. The van der Waals surface area contributed by atoms with Gasteiger partial charge in [-0.25, -0.2) is 5.10 Å². The molecule has 0 saturated heterocycles. The van der Waals surface area contributed by atoms with Crippen molar-refractivity contribution in [1.82, 2.24) is 25.0 Å². The topological polar surface area (TPSA) is 107 Å². The lowest BCUT2D eigenvalue weighted by Gasteiger charge is -2.07. The van der Waals surface area contributed by atoms with Crippen LogP contribution in [-0.4, -0.2) is 25.0 Å². The fourth-order valence-electron chi connectivity index (χ4n) is 2.78. The molecule has 4 rings (SSSR count). The second kappa shape index (κ2) is 6.23. The number of aromatic amines is 1. The number of nitrogens with one attached hydrogen (secondary N) is 1. The lowest BCUT2D eigenvalue weighted by Crippen LogP contribution is -2.13. The third-order valence-electron chi connectivity index (χ3n) is 4.07. The van der Waals surface area contributed by atoms with E-state index in [1.165, 1.54) is 0 Å². The number of hydrogen-bond donors (Lipinski definition) is 2. The molecular formula is C18H13N7O. The van der Waals surface area contributed by atoms with Crippen LogP contribution in [0.4, 0.5) is 5.82 Å². The molecule has 126 valence electrons. The zero-order chi connectivity index (χ0) is 18.1. The fraction of sp³-hybridized carbons (Fsp3) is 0.0556. The number of nitrogens with two attached hydrogens (primary N) is 1. The fourth-order valence-corrected chi connectivity index (χ4v) is 2.78. The van der Waals surface area contributed by atoms with E-state index in [1.54, 1.807) is 35.4 Å². The first-order chi connectivity index (χ1) is 12.7. The number of hydrogen-bond acceptors (Lipinski definition) is 5. The minimum Gasteiger partial charge on any atom is -0.359 e. The van der Waals surface area contributed by atoms with Gasteiger partial charge in [-0.3, -0.25) is 9.78 Å². The van der Waals surface area contributed by atoms with E-state index in [2.05, 4.69) is 25.1 Å². The number of nitrogens with zero attached hydrogens (tertiary/aromatic N) is 5. The van der Waals surface area contributed by atoms with E-state index in [1.807, 2.05) is 18.2 Å². The monoisotopic (exact) mass is 343 g/mol. The summed E-state index contributed by atoms with van der Waals surface area (Å²) in [5, 5.41) is 11.9. The number of benzene rings is 1. The Morgan fingerprint density at radius 1 is 1.15 bits per heavy atom. The Balaban J connectivity index is 1.84. The standard InChI is InChI=1S/C18H13N7O/c1-20-17-4-5-25(24-17)13-6-12(9-21-10-13)11-2-3-14-15(7-11)16(8-19)22-23-18(14)26/h2-7,9-10H,8,19H2,(H,23,26). The lowest BCUT2D eigenvalue weighted by atomic mass is 10.0. The number of aromatic nitrogens is 5. The number of fused-ring (bicyclic) bond motifs is 1. The summed E-state index contributed by atoms with van der Waals surface area (Å²) in [6, 6.07) is 9.04. The minimum absolute atomic E-state index is 0.224. The van der Waals surface area contributed by atoms with Gasteiger partial charge in [0.05, 0.1) is 17.3 Å². The molecule has 4 aromatic rings. The van der Waals surface area contributed by atoms with Crippen molar-refractivity contribution in [3.63, 3.8) is 0 Å². The Labute approximate surface area is 147 Å². The van der Waals surface area contributed by atoms with Gasteiger partial charge in [-0.15, -0.1) is 0 Å². The van der Waals surface area contributed by atoms with Gasteiger partial charge in [0, 0.05) is 29.9 Å². The average Bonchev–Trinajstić information content (AvgIpc) is 3.17. The Morgan fingerprint density at radius 2 is 2.04 bits per heavy atom. The Bertz CT molecular complexity index is 1220. The van der Waals surface area contributed by atoms with Gasteiger partial charge in [0.2, 0.25) is 0 Å². The minimum atomic E-state index is -0.251. The zero-order valence-electron chi connectivity index (χ0n) is 13.5. The predicted molar refractivity (Wildman–Crippen MR) is 96.9 cm³/mol. The van der Waals surface area contributed by atoms with E-state index in [0.29, 0.717) is 22.3 Å². The van der Waals surface area contributed by atoms with Gasteiger partial charge in [0.15, 0.2) is 0 Å². The summed E-state index contributed by atoms with van der Waals surface area (Å²) in [6.07, 6.45) is 5.11. The van der Waals surface area contributed by atoms with E-state index in [-0.39, 0.29) is 12.1 Å². The highest BCUT2D eigenvalue weighted by Crippen LogP contribution is 2.25. The Kier molecular flexibility index (Phi) is 3.76. The highest BCUT2D eigenvalue weighted by molar-refractivity contribution is 5.88. The molecule has 3 heterocycles. The molecule has 8 heteroatoms. The quantitative estimate of drug-likeness (QED) is 0.555. The molecule has 0 bridgehead atoms. The van der Waals surface area contributed by atoms with Crippen LogP contribution in [0.25, 0.3) is 32.4 Å². The van der Waals surface area contributed by atoms with E-state index in [0.717, 1.165) is 16.8 Å². The highest BCUT2D eigenvalue weighted by atomic mass is 16.1. The Hall–Kier alpha value is -3.83. The molecule has 0 saturated carbocycles. The molecule has 1 aromatic carbocycles. The number of pyridine rings is 1. The first-order valence-corrected chi connectivity index (χ1v) is 7.80. The van der Waals surface area contributed by atoms with Crippen LogP contribution in [0.5, 0.6) is 0 Å². The van der Waals surface area contributed by atoms with E-state index < -0.39 is 0 Å². The molecule has 0 radical (unpaired) electrons. The van der Waals surface area contributed by atoms with Crippen LogP contribution in [-0.2, 0) is 6.54 Å². The van der Waals surface area contributed by atoms with E-state index in [4.69, 9.17) is 12.3 Å². The molecule has 0 atom stereocenters. The van der Waals surface area contributed by atoms with E-state index >= 15 is 0 Å². The molecule has 3 N–H and O–H groups in total. The molecule has 3 aromatic heterocycles. The van der Waals surface area contributed by atoms with Gasteiger partial charge in [-0.05, 0) is 34.9 Å². The van der Waals surface area contributed by atoms with Crippen molar-refractivity contribution >= 4 is 16.6 Å². The number of H-pyrrole nitrogens is 1. The van der Waals surface area contributed by atoms with Crippen molar-refractivity contribution in [2.45, 2.75) is 6.54 Å². The highest BCUT2D eigenvalue weighted by Gasteiger charge is 2.10. The molecule has 0 amide bonds. The maximum atomic E-state index is 12.0. The van der Waals surface area contributed by atoms with Crippen LogP contribution in [0.3, 0.4) is 0 Å². The van der Waals surface area contributed by atoms with Gasteiger partial charge in [0.1, 0.15) is 5.69 Å². The molecule has 0 aliphatic carbocycles. The van der Waals surface area contributed by atoms with Crippen molar-refractivity contribution in [2.24, 2.45) is 5.73 Å². The molecule has 0 unspecified atom stereocenters. The van der Waals surface area contributed by atoms with Crippen molar-refractivity contribution in [3.8, 4) is 16.8 Å². The summed E-state index contributed by atoms with van der Waals surface area (Å²) in [6.45, 7) is 7.24. The van der Waals surface area contributed by atoms with Gasteiger partial charge < -0.3 is 10.6 Å². The molecule has 0 fully saturated rings. The normalized spacial score (nSPS) is 10.8. The summed E-state index contributed by atoms with van der Waals surface area (Å²) in [7, 11) is 0. The summed E-state index contributed by atoms with van der Waals surface area (Å²) >= 11 is 0. The summed E-state index contributed by atoms with van der Waals surface area (Å²) < 4.78 is 1.60. The average molecular weight is 343 g/mol. The lowest BCUT2D eigenvalue weighted by molar-refractivity contribution is 0.881. The van der Waals surface area contributed by atoms with Crippen molar-refractivity contribution in [1.29, 1.82) is 0 Å². The van der Waals surface area contributed by atoms with Gasteiger partial charge in [-0.1, -0.05) is 12.6 Å². The molecular weight excluding hydrogens is 330 g/mol. The van der Waals surface area contributed by atoms with E-state index in [9.17, 15) is 4.79 Å². The second-order valence-corrected chi connectivity index (χ2v) is 5.63. The Morgan fingerprint density at radius 3 is 2.81 bits per heavy atom. The predicted octanol–water partition coefficient (Wildman–Crippen LogP) is 2.18. The van der Waals surface area contributed by atoms with Crippen LogP contribution < -0.4 is 11.3 Å². The largest absolute Gasteiger partial charge is 0.359 e. The SMILES string of the molecule is [C-]#[N+]c1ccn(-c2cncc(-c3ccc4c(=O)[nH]nc(CN)c4c3)c2)n1. The van der Waals surface area contributed by atoms with Crippen molar-refractivity contribution in [3.05, 3.63) is 76.4 Å². The zero-order valence-corrected chi connectivity index (χ0v) is 13.5. The summed E-state index contributed by atoms with van der Waals surface area (Å²) in [5.41, 5.74) is 8.58. The first-order valence-electron chi connectivity index (χ1n) is 7.80. The van der Waals surface area contributed by atoms with Crippen LogP contribution in [0.15, 0.2) is 53.7 Å². The van der Waals surface area contributed by atoms with Crippen molar-refractivity contribution < 1.29 is 0 Å². The van der Waals surface area contributed by atoms with Crippen molar-refractivity contribution in [2.75, 3.05) is 0 Å². The van der Waals surface area contributed by atoms with Gasteiger partial charge >= 0.3 is 0 Å². The molecule has 0 spiro atoms. The molecule has 0 aliphatic rings. The summed E-state index contributed by atoms with van der Waals surface area (Å²) in [4.78, 5) is 19.5. The smallest absolute Gasteiger partial charge is 0.295 e. The first kappa shape index (κ1) is 15.7. The van der Waals surface area contributed by atoms with Crippen LogP contribution >= 0.6 is 0 Å². The van der Waals surface area contributed by atoms with Gasteiger partial charge in [0.25, 0.3) is 11.4 Å². The molecule has 26 heavy (non-hydrogen) atoms. The van der Waals surface area contributed by atoms with Crippen LogP contribution in [0.1, 0.15) is 5.69 Å². The molecule has 0 aliphatic heterocycles. The van der Waals surface area contributed by atoms with Crippen LogP contribution in [0.2, 0.25) is 0 Å². The molecule has 8 nitrogen and oxygen atoms in total. The van der Waals surface area contributed by atoms with Gasteiger partial charge in [-0.2, -0.15) is 9.78 Å². The van der Waals surface area contributed by atoms with Crippen LogP contribution in [0, 0.1) is 6.57 Å². The maximum absolute atomic E-state index is 12.0.